The van der Waals surface area contributed by atoms with Crippen LogP contribution >= 0.6 is 11.6 Å². The first-order chi connectivity index (χ1) is 18.4. The van der Waals surface area contributed by atoms with Crippen LogP contribution in [0.25, 0.3) is 0 Å². The highest BCUT2D eigenvalue weighted by Gasteiger charge is 2.09. The Morgan fingerprint density at radius 3 is 2.61 bits per heavy atom. The Morgan fingerprint density at radius 2 is 1.89 bits per heavy atom. The summed E-state index contributed by atoms with van der Waals surface area (Å²) < 4.78 is 14.7. The maximum absolute atomic E-state index is 14.7. The molecule has 0 bridgehead atoms. The minimum Gasteiger partial charge on any atom is -0.389 e. The lowest BCUT2D eigenvalue weighted by molar-refractivity contribution is 0.403. The molecule has 0 amide bonds. The SMILES string of the molecule is C=N/C=C(/Cl)C=NCCC(CCCCc1ccc(CC(=C)NCCCCCC(=C)CC)c(F)c1)CCNC. The van der Waals surface area contributed by atoms with Crippen LogP contribution in [0.15, 0.2) is 63.8 Å². The van der Waals surface area contributed by atoms with Gasteiger partial charge in [-0.2, -0.15) is 0 Å². The van der Waals surface area contributed by atoms with Gasteiger partial charge in [0.1, 0.15) is 5.82 Å². The molecule has 212 valence electrons. The van der Waals surface area contributed by atoms with E-state index in [1.54, 1.807) is 12.3 Å². The highest BCUT2D eigenvalue weighted by atomic mass is 35.5. The largest absolute Gasteiger partial charge is 0.389 e. The number of aliphatic imine (C=N–C) groups is 2. The Morgan fingerprint density at radius 1 is 1.08 bits per heavy atom. The molecule has 1 unspecified atom stereocenters. The van der Waals surface area contributed by atoms with E-state index in [0.717, 1.165) is 88.7 Å². The van der Waals surface area contributed by atoms with Crippen molar-refractivity contribution in [2.75, 3.05) is 26.7 Å². The van der Waals surface area contributed by atoms with Crippen LogP contribution in [0.5, 0.6) is 0 Å². The topological polar surface area (TPSA) is 48.8 Å². The summed E-state index contributed by atoms with van der Waals surface area (Å²) in [7, 11) is 1.99. The van der Waals surface area contributed by atoms with Crippen LogP contribution in [-0.4, -0.2) is 39.6 Å². The van der Waals surface area contributed by atoms with Crippen LogP contribution in [0.3, 0.4) is 0 Å². The van der Waals surface area contributed by atoms with Crippen molar-refractivity contribution in [2.45, 2.75) is 84.0 Å². The smallest absolute Gasteiger partial charge is 0.127 e. The second-order valence-corrected chi connectivity index (χ2v) is 10.5. The average molecular weight is 545 g/mol. The van der Waals surface area contributed by atoms with Gasteiger partial charge in [0.05, 0.1) is 5.03 Å². The summed E-state index contributed by atoms with van der Waals surface area (Å²) in [5, 5.41) is 7.10. The standard InChI is InChI=1S/C32H50ClFN4/c1-6-26(2)12-8-7-11-19-38-27(3)22-30-16-15-29(23-32(30)34)14-10-9-13-28(17-20-35-4)18-21-37-25-31(33)24-36-5/h15-16,23-25,28,35,38H,2-3,5-14,17-22H2,1,4H3/b31-24+,37-25?. The molecule has 0 aromatic heterocycles. The van der Waals surface area contributed by atoms with Gasteiger partial charge in [-0.15, -0.1) is 0 Å². The number of nitrogens with zero attached hydrogens (tertiary/aromatic N) is 2. The van der Waals surface area contributed by atoms with E-state index in [-0.39, 0.29) is 5.82 Å². The summed E-state index contributed by atoms with van der Waals surface area (Å²) in [6.45, 7) is 16.3. The molecule has 0 saturated heterocycles. The van der Waals surface area contributed by atoms with Crippen molar-refractivity contribution < 1.29 is 4.39 Å². The van der Waals surface area contributed by atoms with E-state index in [1.165, 1.54) is 24.6 Å². The summed E-state index contributed by atoms with van der Waals surface area (Å²) in [6, 6.07) is 5.68. The van der Waals surface area contributed by atoms with Crippen molar-refractivity contribution in [3.8, 4) is 0 Å². The third-order valence-electron chi connectivity index (χ3n) is 6.83. The van der Waals surface area contributed by atoms with Gasteiger partial charge in [-0.3, -0.25) is 9.98 Å². The van der Waals surface area contributed by atoms with E-state index in [4.69, 9.17) is 11.6 Å². The fraction of sp³-hybridized carbons (Fsp3) is 0.562. The number of aryl methyl sites for hydroxylation is 1. The molecule has 6 heteroatoms. The van der Waals surface area contributed by atoms with Gasteiger partial charge < -0.3 is 10.6 Å². The zero-order valence-electron chi connectivity index (χ0n) is 23.8. The van der Waals surface area contributed by atoms with E-state index < -0.39 is 0 Å². The molecule has 1 rings (SSSR count). The number of nitrogens with one attached hydrogen (secondary N) is 2. The summed E-state index contributed by atoms with van der Waals surface area (Å²) in [5.74, 6) is 0.473. The molecule has 0 fully saturated rings. The first-order valence-corrected chi connectivity index (χ1v) is 14.6. The Labute approximate surface area is 236 Å². The number of unbranched alkanes of at least 4 members (excludes halogenated alkanes) is 3. The summed E-state index contributed by atoms with van der Waals surface area (Å²) in [5.41, 5.74) is 3.97. The number of hydrogen-bond donors (Lipinski definition) is 2. The van der Waals surface area contributed by atoms with Crippen LogP contribution in [-0.2, 0) is 12.8 Å². The molecule has 0 aliphatic heterocycles. The van der Waals surface area contributed by atoms with E-state index in [9.17, 15) is 4.39 Å². The monoisotopic (exact) mass is 544 g/mol. The van der Waals surface area contributed by atoms with Crippen LogP contribution in [0, 0.1) is 11.7 Å². The van der Waals surface area contributed by atoms with Crippen LogP contribution < -0.4 is 10.6 Å². The Kier molecular flexibility index (Phi) is 19.3. The molecular formula is C32H50ClFN4. The van der Waals surface area contributed by atoms with Gasteiger partial charge in [-0.1, -0.05) is 68.7 Å². The van der Waals surface area contributed by atoms with Crippen molar-refractivity contribution in [3.63, 3.8) is 0 Å². The molecule has 0 heterocycles. The lowest BCUT2D eigenvalue weighted by atomic mass is 9.93. The molecule has 1 aromatic carbocycles. The fourth-order valence-corrected chi connectivity index (χ4v) is 4.51. The maximum Gasteiger partial charge on any atom is 0.127 e. The predicted octanol–water partition coefficient (Wildman–Crippen LogP) is 8.18. The third-order valence-corrected chi connectivity index (χ3v) is 7.02. The lowest BCUT2D eigenvalue weighted by Gasteiger charge is -2.16. The zero-order valence-corrected chi connectivity index (χ0v) is 24.6. The summed E-state index contributed by atoms with van der Waals surface area (Å²) >= 11 is 5.96. The van der Waals surface area contributed by atoms with Gasteiger partial charge in [-0.05, 0) is 94.8 Å². The summed E-state index contributed by atoms with van der Waals surface area (Å²) in [6.07, 6.45) is 15.7. The van der Waals surface area contributed by atoms with Crippen molar-refractivity contribution in [2.24, 2.45) is 15.9 Å². The fourth-order valence-electron chi connectivity index (χ4n) is 4.37. The molecule has 0 radical (unpaired) electrons. The number of benzene rings is 1. The van der Waals surface area contributed by atoms with Gasteiger partial charge in [0.15, 0.2) is 0 Å². The highest BCUT2D eigenvalue weighted by molar-refractivity contribution is 6.39. The molecule has 0 spiro atoms. The highest BCUT2D eigenvalue weighted by Crippen LogP contribution is 2.20. The van der Waals surface area contributed by atoms with Crippen molar-refractivity contribution in [1.82, 2.24) is 10.6 Å². The molecule has 0 saturated carbocycles. The van der Waals surface area contributed by atoms with Gasteiger partial charge in [-0.25, -0.2) is 4.39 Å². The lowest BCUT2D eigenvalue weighted by Crippen LogP contribution is -2.16. The van der Waals surface area contributed by atoms with Crippen LogP contribution in [0.1, 0.15) is 82.3 Å². The van der Waals surface area contributed by atoms with Crippen LogP contribution in [0.4, 0.5) is 4.39 Å². The molecule has 4 nitrogen and oxygen atoms in total. The average Bonchev–Trinajstić information content (AvgIpc) is 2.90. The molecule has 1 atom stereocenters. The van der Waals surface area contributed by atoms with Crippen LogP contribution in [0.2, 0.25) is 0 Å². The zero-order chi connectivity index (χ0) is 28.0. The minimum atomic E-state index is -0.132. The van der Waals surface area contributed by atoms with E-state index in [0.29, 0.717) is 22.9 Å². The normalized spacial score (nSPS) is 12.6. The quantitative estimate of drug-likeness (QED) is 0.0828. The molecule has 0 aliphatic rings. The minimum absolute atomic E-state index is 0.132. The Balaban J connectivity index is 2.36. The van der Waals surface area contributed by atoms with Gasteiger partial charge in [0, 0.05) is 37.6 Å². The summed E-state index contributed by atoms with van der Waals surface area (Å²) in [4.78, 5) is 8.04. The Bertz CT molecular complexity index is 893. The third kappa shape index (κ3) is 16.6. The van der Waals surface area contributed by atoms with Crippen molar-refractivity contribution in [3.05, 3.63) is 70.8 Å². The number of halogens is 2. The van der Waals surface area contributed by atoms with Crippen molar-refractivity contribution >= 4 is 24.5 Å². The number of rotatable bonds is 23. The molecule has 1 aromatic rings. The van der Waals surface area contributed by atoms with E-state index >= 15 is 0 Å². The number of hydrogen-bond acceptors (Lipinski definition) is 4. The predicted molar refractivity (Wildman–Crippen MR) is 166 cm³/mol. The van der Waals surface area contributed by atoms with Gasteiger partial charge in [0.25, 0.3) is 0 Å². The first-order valence-electron chi connectivity index (χ1n) is 14.2. The molecular weight excluding hydrogens is 495 g/mol. The molecule has 2 N–H and O–H groups in total. The first kappa shape index (κ1) is 33.8. The molecule has 38 heavy (non-hydrogen) atoms. The second kappa shape index (κ2) is 21.7. The maximum atomic E-state index is 14.7. The van der Waals surface area contributed by atoms with Gasteiger partial charge >= 0.3 is 0 Å². The van der Waals surface area contributed by atoms with E-state index in [2.05, 4.69) is 53.5 Å². The number of allylic oxidation sites excluding steroid dienone is 3. The molecule has 0 aliphatic carbocycles. The van der Waals surface area contributed by atoms with E-state index in [1.807, 2.05) is 13.1 Å². The Hall–Kier alpha value is -2.24. The van der Waals surface area contributed by atoms with Crippen molar-refractivity contribution in [1.29, 1.82) is 0 Å². The van der Waals surface area contributed by atoms with Gasteiger partial charge in [0.2, 0.25) is 0 Å². The second-order valence-electron chi connectivity index (χ2n) is 10.1.